The van der Waals surface area contributed by atoms with Gasteiger partial charge in [-0.25, -0.2) is 19.1 Å². The Bertz CT molecular complexity index is 1530. The van der Waals surface area contributed by atoms with E-state index in [1.807, 2.05) is 0 Å². The molecule has 0 radical (unpaired) electrons. The van der Waals surface area contributed by atoms with Gasteiger partial charge in [-0.1, -0.05) is 0 Å². The summed E-state index contributed by atoms with van der Waals surface area (Å²) in [6.07, 6.45) is -5.03. The van der Waals surface area contributed by atoms with Crippen LogP contribution in [-0.4, -0.2) is 116 Å². The Kier molecular flexibility index (Phi) is 7.20. The van der Waals surface area contributed by atoms with E-state index >= 15 is 0 Å². The summed E-state index contributed by atoms with van der Waals surface area (Å²) >= 11 is 0. The highest BCUT2D eigenvalue weighted by Crippen LogP contribution is 2.53. The number of aliphatic hydroxyl groups is 1. The summed E-state index contributed by atoms with van der Waals surface area (Å²) in [7, 11) is -9.76. The van der Waals surface area contributed by atoms with Crippen LogP contribution in [0.1, 0.15) is 24.5 Å². The quantitative estimate of drug-likeness (QED) is 0.226. The fourth-order valence-electron chi connectivity index (χ4n) is 5.42. The van der Waals surface area contributed by atoms with Gasteiger partial charge in [-0.15, -0.1) is 0 Å². The third kappa shape index (κ3) is 5.30. The number of aliphatic imine (C=N–C) groups is 4. The molecule has 7 heterocycles. The monoisotopic (exact) mass is 645 g/mol. The molecule has 0 aromatic carbocycles. The molecule has 21 nitrogen and oxygen atoms in total. The number of amidine groups is 1. The lowest BCUT2D eigenvalue weighted by molar-refractivity contribution is -0.117. The van der Waals surface area contributed by atoms with Crippen molar-refractivity contribution in [1.82, 2.24) is 14.5 Å². The van der Waals surface area contributed by atoms with E-state index in [1.54, 1.807) is 0 Å². The maximum absolute atomic E-state index is 13.1. The van der Waals surface area contributed by atoms with Gasteiger partial charge < -0.3 is 35.4 Å². The number of ether oxygens (including phenoxy) is 2. The number of phosphoric acid groups is 2. The van der Waals surface area contributed by atoms with Crippen LogP contribution in [0.4, 0.5) is 5.82 Å². The normalized spacial score (nSPS) is 44.1. The molecule has 1 aromatic rings. The highest BCUT2D eigenvalue weighted by atomic mass is 31.2. The molecule has 0 saturated carbocycles. The second-order valence-electron chi connectivity index (χ2n) is 10.1. The van der Waals surface area contributed by atoms with Gasteiger partial charge in [0, 0.05) is 6.42 Å². The van der Waals surface area contributed by atoms with E-state index in [0.29, 0.717) is 11.5 Å². The molecule has 2 bridgehead atoms. The van der Waals surface area contributed by atoms with Gasteiger partial charge in [-0.2, -0.15) is 4.99 Å². The van der Waals surface area contributed by atoms with Gasteiger partial charge in [-0.3, -0.25) is 42.3 Å². The number of hydrogen-bond donors (Lipinski definition) is 5. The van der Waals surface area contributed by atoms with Gasteiger partial charge in [-0.05, 0) is 0 Å². The molecule has 6 aliphatic heterocycles. The van der Waals surface area contributed by atoms with E-state index in [2.05, 4.69) is 30.3 Å². The van der Waals surface area contributed by atoms with Gasteiger partial charge in [0.05, 0.1) is 38.3 Å². The predicted molar refractivity (Wildman–Crippen MR) is 141 cm³/mol. The van der Waals surface area contributed by atoms with E-state index in [-0.39, 0.29) is 12.3 Å². The first-order valence-electron chi connectivity index (χ1n) is 12.9. The summed E-state index contributed by atoms with van der Waals surface area (Å²) in [5.41, 5.74) is 6.29. The van der Waals surface area contributed by atoms with Crippen molar-refractivity contribution >= 4 is 52.2 Å². The number of rotatable bonds is 2. The van der Waals surface area contributed by atoms with Crippen LogP contribution in [0, 0.1) is 0 Å². The largest absolute Gasteiger partial charge is 0.472 e. The predicted octanol–water partition coefficient (Wildman–Crippen LogP) is -1.63. The van der Waals surface area contributed by atoms with E-state index in [4.69, 9.17) is 33.3 Å². The fraction of sp³-hybridized carbons (Fsp3) is 0.600. The Morgan fingerprint density at radius 2 is 1.84 bits per heavy atom. The fourth-order valence-corrected chi connectivity index (χ4v) is 7.33. The standard InChI is InChI=1S/C20H25N9O12P2/c21-15-11-16(23-4-22-15)29(6-26-11)20-13(30)14-10(39-20)3-37-42(32,33)40-9-1-8(2-36-43(34,35)41-14)38-19(9)28-7-27-12-17(28)24-5-25-18(12)31/h4-10,12-15,19-20,30H,1-3,21H2,(H,22,23)(H,32,33)(H,34,35)/t8-,9+,10+,12?,13+,14+,15?,19+,20+/m0/s1. The molecule has 11 atom stereocenters. The summed E-state index contributed by atoms with van der Waals surface area (Å²) in [5, 5.41) is 14.0. The Morgan fingerprint density at radius 1 is 1.05 bits per heavy atom. The number of hydrogen-bond acceptors (Lipinski definition) is 17. The van der Waals surface area contributed by atoms with Gasteiger partial charge in [0.15, 0.2) is 18.5 Å². The number of aromatic nitrogens is 2. The number of nitrogens with one attached hydrogen (secondary N) is 1. The van der Waals surface area contributed by atoms with Crippen LogP contribution in [0.2, 0.25) is 0 Å². The summed E-state index contributed by atoms with van der Waals surface area (Å²) in [6.45, 7) is -1.24. The minimum Gasteiger partial charge on any atom is -0.386 e. The number of nitrogens with two attached hydrogens (primary N) is 1. The second kappa shape index (κ2) is 10.7. The van der Waals surface area contributed by atoms with Crippen molar-refractivity contribution in [2.75, 3.05) is 18.5 Å². The number of imidazole rings is 1. The smallest absolute Gasteiger partial charge is 0.386 e. The first-order valence-corrected chi connectivity index (χ1v) is 15.9. The summed E-state index contributed by atoms with van der Waals surface area (Å²) in [6, 6.07) is -1.02. The number of aliphatic hydroxyl groups excluding tert-OH is 1. The molecule has 23 heteroatoms. The van der Waals surface area contributed by atoms with E-state index in [1.165, 1.54) is 28.5 Å². The Hall–Kier alpha value is -2.78. The number of fused-ring (bicyclic) bond motifs is 5. The number of phosphoric ester groups is 2. The van der Waals surface area contributed by atoms with Crippen molar-refractivity contribution in [1.29, 1.82) is 0 Å². The average Bonchev–Trinajstić information content (AvgIpc) is 3.72. The molecule has 0 aliphatic carbocycles. The first-order chi connectivity index (χ1) is 20.5. The lowest BCUT2D eigenvalue weighted by Gasteiger charge is -2.30. The van der Waals surface area contributed by atoms with Gasteiger partial charge in [0.2, 0.25) is 0 Å². The van der Waals surface area contributed by atoms with Crippen molar-refractivity contribution in [3.05, 3.63) is 12.0 Å². The van der Waals surface area contributed by atoms with E-state index in [9.17, 15) is 28.8 Å². The Labute approximate surface area is 241 Å². The van der Waals surface area contributed by atoms with Gasteiger partial charge in [0.1, 0.15) is 54.3 Å². The van der Waals surface area contributed by atoms with E-state index in [0.717, 1.165) is 6.34 Å². The number of carbonyl (C=O) groups is 1. The molecule has 43 heavy (non-hydrogen) atoms. The van der Waals surface area contributed by atoms with Crippen molar-refractivity contribution in [2.45, 2.75) is 61.6 Å². The second-order valence-corrected chi connectivity index (χ2v) is 12.9. The maximum Gasteiger partial charge on any atom is 0.472 e. The maximum atomic E-state index is 13.1. The lowest BCUT2D eigenvalue weighted by Crippen LogP contribution is -2.47. The highest BCUT2D eigenvalue weighted by Gasteiger charge is 2.53. The molecule has 4 unspecified atom stereocenters. The zero-order valence-electron chi connectivity index (χ0n) is 21.7. The van der Waals surface area contributed by atoms with Crippen molar-refractivity contribution in [3.8, 4) is 0 Å². The Balaban J connectivity index is 1.14. The van der Waals surface area contributed by atoms with Crippen molar-refractivity contribution < 1.29 is 56.4 Å². The SMILES string of the molecule is NC1N=CNc2c1ncn2[C@@H]1O[C@@H]2COP(=O)(O)O[C@@H]3C[C@@H](COP(=O)(O)O[C@H]2[C@H]1O)O[C@H]3N1C=NC2C(=O)N=CN=C21. The molecule has 232 valence electrons. The van der Waals surface area contributed by atoms with Crippen molar-refractivity contribution in [3.63, 3.8) is 0 Å². The summed E-state index contributed by atoms with van der Waals surface area (Å²) < 4.78 is 60.5. The van der Waals surface area contributed by atoms with Crippen LogP contribution in [0.25, 0.3) is 0 Å². The number of carbonyl (C=O) groups excluding carboxylic acids is 1. The molecule has 3 fully saturated rings. The first kappa shape index (κ1) is 29.0. The molecule has 7 rings (SSSR count). The zero-order valence-corrected chi connectivity index (χ0v) is 23.5. The minimum absolute atomic E-state index is 0.0961. The number of anilines is 1. The minimum atomic E-state index is -4.89. The topological polar surface area (TPSA) is 276 Å². The summed E-state index contributed by atoms with van der Waals surface area (Å²) in [4.78, 5) is 54.6. The molecule has 3 saturated heterocycles. The molecule has 6 N–H and O–H groups in total. The average molecular weight is 645 g/mol. The molecule has 6 aliphatic rings. The van der Waals surface area contributed by atoms with Crippen LogP contribution in [-0.2, 0) is 41.5 Å². The Morgan fingerprint density at radius 3 is 2.67 bits per heavy atom. The van der Waals surface area contributed by atoms with E-state index < -0.39 is 89.9 Å². The molecular formula is C20H25N9O12P2. The molecule has 0 spiro atoms. The highest BCUT2D eigenvalue weighted by molar-refractivity contribution is 7.47. The van der Waals surface area contributed by atoms with Gasteiger partial charge in [0.25, 0.3) is 5.91 Å². The van der Waals surface area contributed by atoms with Crippen LogP contribution in [0.3, 0.4) is 0 Å². The van der Waals surface area contributed by atoms with Crippen LogP contribution < -0.4 is 11.1 Å². The van der Waals surface area contributed by atoms with Crippen LogP contribution in [0.5, 0.6) is 0 Å². The van der Waals surface area contributed by atoms with Crippen LogP contribution >= 0.6 is 15.6 Å². The third-order valence-corrected chi connectivity index (χ3v) is 9.35. The van der Waals surface area contributed by atoms with Crippen LogP contribution in [0.15, 0.2) is 26.3 Å². The lowest BCUT2D eigenvalue weighted by atomic mass is 10.1. The molecular weight excluding hydrogens is 620 g/mol. The summed E-state index contributed by atoms with van der Waals surface area (Å²) in [5.74, 6) is -0.0778. The molecule has 1 amide bonds. The van der Waals surface area contributed by atoms with Crippen molar-refractivity contribution in [2.24, 2.45) is 25.7 Å². The van der Waals surface area contributed by atoms with Gasteiger partial charge >= 0.3 is 15.6 Å². The number of nitrogens with zero attached hydrogens (tertiary/aromatic N) is 7. The zero-order chi connectivity index (χ0) is 30.1. The number of amides is 1. The third-order valence-electron chi connectivity index (χ3n) is 7.35. The molecule has 1 aromatic heterocycles.